The first-order chi connectivity index (χ1) is 12.7. The van der Waals surface area contributed by atoms with E-state index < -0.39 is 0 Å². The van der Waals surface area contributed by atoms with E-state index in [1.807, 2.05) is 26.0 Å². The van der Waals surface area contributed by atoms with E-state index in [0.29, 0.717) is 17.3 Å². The van der Waals surface area contributed by atoms with Crippen LogP contribution in [0.5, 0.6) is 0 Å². The number of hydrogen-bond donors (Lipinski definition) is 0. The van der Waals surface area contributed by atoms with Gasteiger partial charge in [0.25, 0.3) is 0 Å². The molecule has 0 aromatic carbocycles. The number of nitrogens with zero attached hydrogens (tertiary/aromatic N) is 5. The van der Waals surface area contributed by atoms with Crippen molar-refractivity contribution in [2.45, 2.75) is 39.7 Å². The van der Waals surface area contributed by atoms with Crippen LogP contribution in [0, 0.1) is 13.8 Å². The molecule has 5 rings (SSSR count). The van der Waals surface area contributed by atoms with Gasteiger partial charge in [0.2, 0.25) is 11.5 Å². The molecule has 0 spiro atoms. The van der Waals surface area contributed by atoms with Gasteiger partial charge < -0.3 is 8.83 Å². The molecule has 1 aliphatic heterocycles. The van der Waals surface area contributed by atoms with Crippen LogP contribution in [0.2, 0.25) is 0 Å². The van der Waals surface area contributed by atoms with Crippen LogP contribution in [-0.2, 0) is 6.54 Å². The van der Waals surface area contributed by atoms with Gasteiger partial charge in [0.05, 0.1) is 11.9 Å². The van der Waals surface area contributed by atoms with Crippen molar-refractivity contribution < 1.29 is 8.83 Å². The minimum atomic E-state index is 0.572. The summed E-state index contributed by atoms with van der Waals surface area (Å²) in [5, 5.41) is 5.44. The monoisotopic (exact) mass is 351 g/mol. The second-order valence-electron chi connectivity index (χ2n) is 7.01. The maximum absolute atomic E-state index is 6.03. The smallest absolute Gasteiger partial charge is 0.231 e. The molecule has 0 bridgehead atoms. The van der Waals surface area contributed by atoms with Gasteiger partial charge in [-0.15, -0.1) is 5.10 Å². The Morgan fingerprint density at radius 2 is 1.92 bits per heavy atom. The van der Waals surface area contributed by atoms with E-state index in [2.05, 4.69) is 20.0 Å². The van der Waals surface area contributed by atoms with Crippen molar-refractivity contribution in [2.24, 2.45) is 0 Å². The standard InChI is InChI=1S/C19H21N5O2/c1-12-13(2)25-19-16(12)18-21-17(22-24(18)11-20-19)15-7-6-14(26-15)10-23-8-4-3-5-9-23/h6-7,11H,3-5,8-10H2,1-2H3. The van der Waals surface area contributed by atoms with Crippen molar-refractivity contribution in [3.05, 3.63) is 35.5 Å². The molecule has 5 heterocycles. The molecule has 26 heavy (non-hydrogen) atoms. The molecule has 0 saturated carbocycles. The number of rotatable bonds is 3. The summed E-state index contributed by atoms with van der Waals surface area (Å²) in [4.78, 5) is 11.5. The Morgan fingerprint density at radius 3 is 2.77 bits per heavy atom. The summed E-state index contributed by atoms with van der Waals surface area (Å²) in [6, 6.07) is 3.98. The van der Waals surface area contributed by atoms with Crippen molar-refractivity contribution in [2.75, 3.05) is 13.1 Å². The zero-order valence-corrected chi connectivity index (χ0v) is 15.0. The summed E-state index contributed by atoms with van der Waals surface area (Å²) in [6.45, 7) is 7.08. The molecule has 1 aliphatic rings. The van der Waals surface area contributed by atoms with Gasteiger partial charge in [-0.2, -0.15) is 0 Å². The number of fused-ring (bicyclic) bond motifs is 3. The van der Waals surface area contributed by atoms with Gasteiger partial charge in [0.15, 0.2) is 11.4 Å². The molecule has 4 aromatic rings. The lowest BCUT2D eigenvalue weighted by atomic mass is 10.1. The quantitative estimate of drug-likeness (QED) is 0.560. The zero-order chi connectivity index (χ0) is 17.7. The lowest BCUT2D eigenvalue weighted by molar-refractivity contribution is 0.205. The molecule has 0 N–H and O–H groups in total. The van der Waals surface area contributed by atoms with E-state index >= 15 is 0 Å². The maximum Gasteiger partial charge on any atom is 0.231 e. The van der Waals surface area contributed by atoms with Gasteiger partial charge in [-0.05, 0) is 51.9 Å². The fourth-order valence-corrected chi connectivity index (χ4v) is 3.67. The summed E-state index contributed by atoms with van der Waals surface area (Å²) >= 11 is 0. The Hall–Kier alpha value is -2.67. The average molecular weight is 351 g/mol. The molecule has 1 fully saturated rings. The lowest BCUT2D eigenvalue weighted by Crippen LogP contribution is -2.28. The minimum absolute atomic E-state index is 0.572. The van der Waals surface area contributed by atoms with Crippen LogP contribution in [0.4, 0.5) is 0 Å². The van der Waals surface area contributed by atoms with E-state index in [1.54, 1.807) is 10.8 Å². The van der Waals surface area contributed by atoms with E-state index in [9.17, 15) is 0 Å². The molecule has 0 aliphatic carbocycles. The number of piperidine rings is 1. The van der Waals surface area contributed by atoms with Gasteiger partial charge in [0.1, 0.15) is 17.8 Å². The molecule has 7 heteroatoms. The number of aromatic nitrogens is 4. The van der Waals surface area contributed by atoms with Crippen LogP contribution >= 0.6 is 0 Å². The Morgan fingerprint density at radius 1 is 1.08 bits per heavy atom. The fraction of sp³-hybridized carbons (Fsp3) is 0.421. The normalized spacial score (nSPS) is 16.1. The molecule has 4 aromatic heterocycles. The van der Waals surface area contributed by atoms with E-state index in [4.69, 9.17) is 8.83 Å². The molecule has 7 nitrogen and oxygen atoms in total. The van der Waals surface area contributed by atoms with Crippen molar-refractivity contribution in [3.8, 4) is 11.6 Å². The second-order valence-corrected chi connectivity index (χ2v) is 7.01. The molecule has 1 saturated heterocycles. The van der Waals surface area contributed by atoms with Gasteiger partial charge in [0, 0.05) is 5.56 Å². The predicted molar refractivity (Wildman–Crippen MR) is 96.9 cm³/mol. The van der Waals surface area contributed by atoms with Crippen molar-refractivity contribution in [3.63, 3.8) is 0 Å². The highest BCUT2D eigenvalue weighted by atomic mass is 16.3. The van der Waals surface area contributed by atoms with Crippen LogP contribution in [0.1, 0.15) is 36.3 Å². The maximum atomic E-state index is 6.03. The third-order valence-electron chi connectivity index (χ3n) is 5.22. The van der Waals surface area contributed by atoms with Crippen LogP contribution in [0.15, 0.2) is 27.3 Å². The van der Waals surface area contributed by atoms with Crippen molar-refractivity contribution >= 4 is 16.7 Å². The third kappa shape index (κ3) is 2.50. The lowest BCUT2D eigenvalue weighted by Gasteiger charge is -2.25. The van der Waals surface area contributed by atoms with Gasteiger partial charge in [-0.1, -0.05) is 6.42 Å². The molecule has 0 amide bonds. The van der Waals surface area contributed by atoms with Crippen LogP contribution in [0.3, 0.4) is 0 Å². The number of furan rings is 2. The summed E-state index contributed by atoms with van der Waals surface area (Å²) in [6.07, 6.45) is 5.51. The Bertz CT molecular complexity index is 1080. The highest BCUT2D eigenvalue weighted by molar-refractivity contribution is 5.92. The summed E-state index contributed by atoms with van der Waals surface area (Å²) in [5.41, 5.74) is 2.38. The first-order valence-electron chi connectivity index (χ1n) is 9.11. The number of aryl methyl sites for hydroxylation is 2. The van der Waals surface area contributed by atoms with Crippen molar-refractivity contribution in [1.29, 1.82) is 0 Å². The molecular weight excluding hydrogens is 330 g/mol. The first kappa shape index (κ1) is 15.6. The zero-order valence-electron chi connectivity index (χ0n) is 15.0. The first-order valence-corrected chi connectivity index (χ1v) is 9.11. The summed E-state index contributed by atoms with van der Waals surface area (Å²) in [5.74, 6) is 3.07. The Kier molecular flexibility index (Phi) is 3.56. The Labute approximate surface area is 150 Å². The summed E-state index contributed by atoms with van der Waals surface area (Å²) < 4.78 is 13.4. The summed E-state index contributed by atoms with van der Waals surface area (Å²) in [7, 11) is 0. The second kappa shape index (κ2) is 5.95. The SMILES string of the molecule is Cc1oc2ncn3nc(-c4ccc(CN5CCCCC5)o4)nc3c2c1C. The molecular formula is C19H21N5O2. The largest absolute Gasteiger partial charge is 0.456 e. The predicted octanol–water partition coefficient (Wildman–Crippen LogP) is 3.73. The topological polar surface area (TPSA) is 72.6 Å². The Balaban J connectivity index is 1.50. The fourth-order valence-electron chi connectivity index (χ4n) is 3.67. The number of hydrogen-bond acceptors (Lipinski definition) is 6. The average Bonchev–Trinajstić information content (AvgIpc) is 3.34. The minimum Gasteiger partial charge on any atom is -0.456 e. The van der Waals surface area contributed by atoms with E-state index in [-0.39, 0.29) is 0 Å². The van der Waals surface area contributed by atoms with E-state index in [1.165, 1.54) is 19.3 Å². The molecule has 0 unspecified atom stereocenters. The number of likely N-dealkylation sites (tertiary alicyclic amines) is 1. The molecule has 134 valence electrons. The third-order valence-corrected chi connectivity index (χ3v) is 5.22. The molecule has 0 radical (unpaired) electrons. The van der Waals surface area contributed by atoms with Crippen LogP contribution in [-0.4, -0.2) is 37.6 Å². The van der Waals surface area contributed by atoms with E-state index in [0.717, 1.165) is 47.8 Å². The molecule has 0 atom stereocenters. The van der Waals surface area contributed by atoms with Gasteiger partial charge in [-0.25, -0.2) is 14.5 Å². The highest BCUT2D eigenvalue weighted by Crippen LogP contribution is 2.28. The van der Waals surface area contributed by atoms with Crippen LogP contribution in [0.25, 0.3) is 28.3 Å². The van der Waals surface area contributed by atoms with Crippen LogP contribution < -0.4 is 0 Å². The highest BCUT2D eigenvalue weighted by Gasteiger charge is 2.18. The van der Waals surface area contributed by atoms with Gasteiger partial charge in [-0.3, -0.25) is 4.90 Å². The van der Waals surface area contributed by atoms with Gasteiger partial charge >= 0.3 is 0 Å². The van der Waals surface area contributed by atoms with Crippen molar-refractivity contribution in [1.82, 2.24) is 24.5 Å².